The Balaban J connectivity index is 1.47. The smallest absolute Gasteiger partial charge is 0.251 e. The molecule has 168 valence electrons. The summed E-state index contributed by atoms with van der Waals surface area (Å²) in [6, 6.07) is 13.0. The Morgan fingerprint density at radius 3 is 2.76 bits per heavy atom. The number of anilines is 1. The van der Waals surface area contributed by atoms with Crippen LogP contribution in [0.25, 0.3) is 22.2 Å². The molecule has 0 radical (unpaired) electrons. The summed E-state index contributed by atoms with van der Waals surface area (Å²) < 4.78 is 1.52. The molecule has 3 aromatic heterocycles. The number of aromatic nitrogens is 4. The molecular formula is C25H26N6O2. The van der Waals surface area contributed by atoms with E-state index in [0.717, 1.165) is 28.5 Å². The first-order valence-electron chi connectivity index (χ1n) is 10.8. The molecule has 33 heavy (non-hydrogen) atoms. The number of pyridine rings is 2. The Bertz CT molecular complexity index is 1360. The van der Waals surface area contributed by atoms with Crippen molar-refractivity contribution < 1.29 is 4.79 Å². The van der Waals surface area contributed by atoms with Crippen molar-refractivity contribution in [2.45, 2.75) is 19.3 Å². The molecule has 1 unspecified atom stereocenters. The van der Waals surface area contributed by atoms with Crippen LogP contribution in [0, 0.1) is 0 Å². The molecule has 8 nitrogen and oxygen atoms in total. The molecule has 0 spiro atoms. The summed E-state index contributed by atoms with van der Waals surface area (Å²) in [4.78, 5) is 37.3. The average molecular weight is 443 g/mol. The molecule has 0 saturated heterocycles. The lowest BCUT2D eigenvalue weighted by Crippen LogP contribution is -2.18. The third-order valence-corrected chi connectivity index (χ3v) is 5.76. The van der Waals surface area contributed by atoms with E-state index in [1.807, 2.05) is 24.3 Å². The molecule has 0 fully saturated rings. The first-order chi connectivity index (χ1) is 16.0. The zero-order chi connectivity index (χ0) is 23.4. The predicted molar refractivity (Wildman–Crippen MR) is 129 cm³/mol. The molecule has 3 heterocycles. The summed E-state index contributed by atoms with van der Waals surface area (Å²) in [5, 5.41) is 6.89. The van der Waals surface area contributed by atoms with Crippen LogP contribution < -0.4 is 16.2 Å². The van der Waals surface area contributed by atoms with Gasteiger partial charge in [-0.2, -0.15) is 0 Å². The van der Waals surface area contributed by atoms with Gasteiger partial charge in [-0.3, -0.25) is 14.6 Å². The molecule has 0 bridgehead atoms. The highest BCUT2D eigenvalue weighted by Crippen LogP contribution is 2.28. The molecule has 2 N–H and O–H groups in total. The second-order valence-electron chi connectivity index (χ2n) is 7.95. The van der Waals surface area contributed by atoms with E-state index in [-0.39, 0.29) is 17.4 Å². The van der Waals surface area contributed by atoms with Gasteiger partial charge in [0.15, 0.2) is 0 Å². The van der Waals surface area contributed by atoms with E-state index in [4.69, 9.17) is 0 Å². The molecule has 0 aliphatic rings. The number of hydrogen-bond acceptors (Lipinski definition) is 6. The number of benzene rings is 1. The van der Waals surface area contributed by atoms with E-state index in [9.17, 15) is 9.59 Å². The van der Waals surface area contributed by atoms with Crippen molar-refractivity contribution in [3.05, 3.63) is 82.7 Å². The maximum atomic E-state index is 12.2. The molecule has 1 amide bonds. The van der Waals surface area contributed by atoms with Crippen LogP contribution in [0.2, 0.25) is 0 Å². The lowest BCUT2D eigenvalue weighted by atomic mass is 9.94. The number of nitrogens with zero attached hydrogens (tertiary/aromatic N) is 4. The molecule has 1 aromatic carbocycles. The molecule has 4 aromatic rings. The van der Waals surface area contributed by atoms with Crippen molar-refractivity contribution in [2.75, 3.05) is 18.9 Å². The minimum Gasteiger partial charge on any atom is -0.370 e. The third kappa shape index (κ3) is 4.74. The van der Waals surface area contributed by atoms with Crippen LogP contribution in [0.1, 0.15) is 35.2 Å². The quantitative estimate of drug-likeness (QED) is 0.455. The average Bonchev–Trinajstić information content (AvgIpc) is 2.84. The first-order valence-corrected chi connectivity index (χ1v) is 10.8. The van der Waals surface area contributed by atoms with Crippen molar-refractivity contribution in [3.63, 3.8) is 0 Å². The van der Waals surface area contributed by atoms with Crippen LogP contribution in [0.3, 0.4) is 0 Å². The highest BCUT2D eigenvalue weighted by atomic mass is 16.1. The molecule has 0 aliphatic carbocycles. The summed E-state index contributed by atoms with van der Waals surface area (Å²) in [6.45, 7) is 2.84. The van der Waals surface area contributed by atoms with Crippen molar-refractivity contribution >= 4 is 22.6 Å². The van der Waals surface area contributed by atoms with Crippen LogP contribution >= 0.6 is 0 Å². The standard InChI is InChI=1S/C25H26N6O2/c1-16(18-5-4-6-19-20(25(33)26-2)8-11-28-24(18)19)7-10-27-22-14-21(29-15-30-22)17-9-12-31(3)23(32)13-17/h4-6,8-9,11-16H,7,10H2,1-3H3,(H,26,33)(H,27,29,30). The fourth-order valence-electron chi connectivity index (χ4n) is 3.82. The van der Waals surface area contributed by atoms with Gasteiger partial charge in [-0.25, -0.2) is 9.97 Å². The van der Waals surface area contributed by atoms with Gasteiger partial charge in [0, 0.05) is 56.1 Å². The van der Waals surface area contributed by atoms with E-state index >= 15 is 0 Å². The zero-order valence-corrected chi connectivity index (χ0v) is 18.9. The SMILES string of the molecule is CNC(=O)c1ccnc2c(C(C)CCNc3cc(-c4ccn(C)c(=O)c4)ncn3)cccc12. The summed E-state index contributed by atoms with van der Waals surface area (Å²) in [5.74, 6) is 0.794. The monoisotopic (exact) mass is 442 g/mol. The van der Waals surface area contributed by atoms with E-state index in [0.29, 0.717) is 23.6 Å². The van der Waals surface area contributed by atoms with Gasteiger partial charge in [-0.1, -0.05) is 25.1 Å². The van der Waals surface area contributed by atoms with Gasteiger partial charge in [0.1, 0.15) is 12.1 Å². The van der Waals surface area contributed by atoms with Gasteiger partial charge in [0.25, 0.3) is 11.5 Å². The Hall–Kier alpha value is -4.07. The number of rotatable bonds is 7. The van der Waals surface area contributed by atoms with Gasteiger partial charge in [-0.05, 0) is 30.0 Å². The van der Waals surface area contributed by atoms with Gasteiger partial charge in [0.05, 0.1) is 16.8 Å². The number of fused-ring (bicyclic) bond motifs is 1. The molecule has 8 heteroatoms. The number of nitrogens with one attached hydrogen (secondary N) is 2. The Labute approximate surface area is 191 Å². The summed E-state index contributed by atoms with van der Waals surface area (Å²) in [6.07, 6.45) is 5.74. The van der Waals surface area contributed by atoms with Crippen LogP contribution in [0.5, 0.6) is 0 Å². The molecule has 4 rings (SSSR count). The summed E-state index contributed by atoms with van der Waals surface area (Å²) in [7, 11) is 3.34. The number of hydrogen-bond donors (Lipinski definition) is 2. The Kier molecular flexibility index (Phi) is 6.44. The number of aryl methyl sites for hydroxylation is 1. The van der Waals surface area contributed by atoms with Crippen LogP contribution in [0.15, 0.2) is 66.0 Å². The number of carbonyl (C=O) groups excluding carboxylic acids is 1. The van der Waals surface area contributed by atoms with E-state index < -0.39 is 0 Å². The minimum absolute atomic E-state index is 0.0854. The van der Waals surface area contributed by atoms with E-state index in [2.05, 4.69) is 38.6 Å². The first kappa shape index (κ1) is 22.1. The molecular weight excluding hydrogens is 416 g/mol. The number of carbonyl (C=O) groups is 1. The van der Waals surface area contributed by atoms with Crippen molar-refractivity contribution in [1.82, 2.24) is 24.8 Å². The second kappa shape index (κ2) is 9.60. The van der Waals surface area contributed by atoms with Crippen molar-refractivity contribution in [3.8, 4) is 11.3 Å². The van der Waals surface area contributed by atoms with Gasteiger partial charge < -0.3 is 15.2 Å². The van der Waals surface area contributed by atoms with E-state index in [1.54, 1.807) is 38.6 Å². The maximum Gasteiger partial charge on any atom is 0.251 e. The van der Waals surface area contributed by atoms with Gasteiger partial charge in [-0.15, -0.1) is 0 Å². The van der Waals surface area contributed by atoms with Gasteiger partial charge >= 0.3 is 0 Å². The second-order valence-corrected chi connectivity index (χ2v) is 7.95. The molecule has 1 atom stereocenters. The normalized spacial score (nSPS) is 11.8. The van der Waals surface area contributed by atoms with Crippen LogP contribution in [-0.2, 0) is 7.05 Å². The lowest BCUT2D eigenvalue weighted by Gasteiger charge is -2.16. The van der Waals surface area contributed by atoms with Crippen molar-refractivity contribution in [1.29, 1.82) is 0 Å². The zero-order valence-electron chi connectivity index (χ0n) is 18.9. The van der Waals surface area contributed by atoms with Gasteiger partial charge in [0.2, 0.25) is 0 Å². The topological polar surface area (TPSA) is 102 Å². The summed E-state index contributed by atoms with van der Waals surface area (Å²) in [5.41, 5.74) is 3.94. The lowest BCUT2D eigenvalue weighted by molar-refractivity contribution is 0.0964. The predicted octanol–water partition coefficient (Wildman–Crippen LogP) is 3.36. The summed E-state index contributed by atoms with van der Waals surface area (Å²) >= 11 is 0. The van der Waals surface area contributed by atoms with Crippen LogP contribution in [0.4, 0.5) is 5.82 Å². The molecule has 0 saturated carbocycles. The third-order valence-electron chi connectivity index (χ3n) is 5.76. The Morgan fingerprint density at radius 1 is 1.12 bits per heavy atom. The van der Waals surface area contributed by atoms with Crippen LogP contribution in [-0.4, -0.2) is 39.0 Å². The number of amides is 1. The van der Waals surface area contributed by atoms with Crippen molar-refractivity contribution in [2.24, 2.45) is 7.05 Å². The Morgan fingerprint density at radius 2 is 1.97 bits per heavy atom. The number of para-hydroxylation sites is 1. The highest BCUT2D eigenvalue weighted by molar-refractivity contribution is 6.06. The fourth-order valence-corrected chi connectivity index (χ4v) is 3.82. The largest absolute Gasteiger partial charge is 0.370 e. The maximum absolute atomic E-state index is 12.2. The minimum atomic E-state index is -0.121. The molecule has 0 aliphatic heterocycles. The fraction of sp³-hybridized carbons (Fsp3) is 0.240. The highest BCUT2D eigenvalue weighted by Gasteiger charge is 2.15. The van der Waals surface area contributed by atoms with E-state index in [1.165, 1.54) is 10.9 Å².